The fourth-order valence-corrected chi connectivity index (χ4v) is 6.45. The molecule has 0 unspecified atom stereocenters. The zero-order valence-electron chi connectivity index (χ0n) is 29.4. The average Bonchev–Trinajstić information content (AvgIpc) is 2.98. The van der Waals surface area contributed by atoms with Gasteiger partial charge in [0.2, 0.25) is 12.2 Å². The smallest absolute Gasteiger partial charge is 0.408 e. The van der Waals surface area contributed by atoms with Gasteiger partial charge >= 0.3 is 6.09 Å². The van der Waals surface area contributed by atoms with Gasteiger partial charge in [0.1, 0.15) is 35.6 Å². The fraction of sp³-hybridized carbons (Fsp3) is 0.879. The van der Waals surface area contributed by atoms with Crippen LogP contribution in [0.5, 0.6) is 0 Å². The number of rotatable bonds is 14. The Morgan fingerprint density at radius 2 is 1.77 bits per heavy atom. The molecule has 48 heavy (non-hydrogen) atoms. The molecule has 0 bridgehead atoms. The topological polar surface area (TPSA) is 218 Å². The van der Waals surface area contributed by atoms with Crippen molar-refractivity contribution >= 4 is 12.0 Å². The van der Waals surface area contributed by atoms with Crippen LogP contribution < -0.4 is 16.0 Å². The van der Waals surface area contributed by atoms with Crippen LogP contribution in [-0.4, -0.2) is 130 Å². The molecule has 2 fully saturated rings. The molecule has 2 heterocycles. The van der Waals surface area contributed by atoms with Gasteiger partial charge in [-0.3, -0.25) is 4.79 Å². The van der Waals surface area contributed by atoms with Crippen LogP contribution in [0.3, 0.4) is 0 Å². The zero-order valence-corrected chi connectivity index (χ0v) is 29.4. The zero-order chi connectivity index (χ0) is 35.8. The van der Waals surface area contributed by atoms with E-state index in [-0.39, 0.29) is 32.0 Å². The maximum absolute atomic E-state index is 12.9. The summed E-state index contributed by atoms with van der Waals surface area (Å²) < 4.78 is 30.1. The highest BCUT2D eigenvalue weighted by Crippen LogP contribution is 2.35. The normalized spacial score (nSPS) is 36.4. The first-order valence-electron chi connectivity index (χ1n) is 17.1. The summed E-state index contributed by atoms with van der Waals surface area (Å²) in [7, 11) is 1.59. The number of hydrogen-bond donors (Lipinski definition) is 8. The van der Waals surface area contributed by atoms with Gasteiger partial charge in [-0.2, -0.15) is 0 Å². The van der Waals surface area contributed by atoms with Crippen LogP contribution in [0, 0.1) is 5.92 Å². The number of likely N-dealkylation sites (N-methyl/N-ethyl adjacent to an activating group) is 1. The van der Waals surface area contributed by atoms with Gasteiger partial charge in [0.15, 0.2) is 6.29 Å². The molecule has 3 rings (SSSR count). The van der Waals surface area contributed by atoms with E-state index in [1.807, 2.05) is 19.9 Å². The van der Waals surface area contributed by atoms with E-state index in [2.05, 4.69) is 16.0 Å². The second kappa shape index (κ2) is 17.7. The summed E-state index contributed by atoms with van der Waals surface area (Å²) in [4.78, 5) is 25.7. The SMILES string of the molecule is CCC[C@H](O)C(=O)N[C@@H]1C[C@H](C)[C@@H](O[C@H]2OC(CCCCO)=CC[C@H]2NC(=O)OC(C)(C)C)[C@H](O)[C@H]1O[C@H]1OC[C@](C)(O)[C@H](NC)[C@H]1O. The second-order valence-corrected chi connectivity index (χ2v) is 14.4. The lowest BCUT2D eigenvalue weighted by atomic mass is 9.79. The molecule has 2 amide bonds. The fourth-order valence-electron chi connectivity index (χ4n) is 6.45. The summed E-state index contributed by atoms with van der Waals surface area (Å²) in [6.07, 6.45) is -4.01. The van der Waals surface area contributed by atoms with Crippen molar-refractivity contribution in [1.29, 1.82) is 0 Å². The standard InChI is InChI=1S/C33H59N3O12/c1-8-11-22(38)28(41)35-21-16-18(2)25(23(39)26(21)47-30-24(40)27(34-7)33(6,43)17-44-30)46-29-20(36-31(42)48-32(3,4)5)14-13-19(45-29)12-9-10-15-37/h13,18,20-27,29-30,34,37-40,43H,8-12,14-17H2,1-7H3,(H,35,41)(H,36,42)/t18-,20+,21+,22-,23-,24+,25+,26-,27+,29+,30+,33-/m0/s1. The highest BCUT2D eigenvalue weighted by atomic mass is 16.7. The van der Waals surface area contributed by atoms with Gasteiger partial charge in [0.25, 0.3) is 0 Å². The lowest BCUT2D eigenvalue weighted by molar-refractivity contribution is -0.306. The first-order chi connectivity index (χ1) is 22.5. The summed E-state index contributed by atoms with van der Waals surface area (Å²) in [5.41, 5.74) is -2.15. The summed E-state index contributed by atoms with van der Waals surface area (Å²) in [6.45, 7) is 10.3. The minimum absolute atomic E-state index is 0.0440. The molecule has 0 spiro atoms. The number of alkyl carbamates (subject to hydrolysis) is 1. The molecule has 2 aliphatic heterocycles. The molecule has 1 saturated carbocycles. The molecule has 0 aromatic carbocycles. The van der Waals surface area contributed by atoms with Gasteiger partial charge < -0.3 is 65.2 Å². The van der Waals surface area contributed by atoms with Crippen molar-refractivity contribution in [1.82, 2.24) is 16.0 Å². The van der Waals surface area contributed by atoms with Crippen LogP contribution >= 0.6 is 0 Å². The summed E-state index contributed by atoms with van der Waals surface area (Å²) in [5, 5.41) is 61.8. The minimum atomic E-state index is -1.41. The van der Waals surface area contributed by atoms with Gasteiger partial charge in [-0.15, -0.1) is 0 Å². The number of carbonyl (C=O) groups is 2. The molecule has 15 nitrogen and oxygen atoms in total. The third kappa shape index (κ3) is 11.0. The first kappa shape index (κ1) is 40.4. The second-order valence-electron chi connectivity index (χ2n) is 14.4. The summed E-state index contributed by atoms with van der Waals surface area (Å²) in [6, 6.07) is -2.31. The van der Waals surface area contributed by atoms with E-state index < -0.39 is 84.4 Å². The Morgan fingerprint density at radius 1 is 1.08 bits per heavy atom. The molecule has 8 N–H and O–H groups in total. The number of amides is 2. The van der Waals surface area contributed by atoms with E-state index >= 15 is 0 Å². The molecular weight excluding hydrogens is 630 g/mol. The molecule has 0 radical (unpaired) electrons. The lowest BCUT2D eigenvalue weighted by Crippen LogP contribution is -2.68. The highest BCUT2D eigenvalue weighted by Gasteiger charge is 2.52. The van der Waals surface area contributed by atoms with Crippen LogP contribution in [-0.2, 0) is 28.5 Å². The number of aliphatic hydroxyl groups excluding tert-OH is 4. The molecule has 0 aromatic rings. The highest BCUT2D eigenvalue weighted by molar-refractivity contribution is 5.80. The van der Waals surface area contributed by atoms with E-state index in [9.17, 15) is 35.1 Å². The Hall–Kier alpha value is -2.08. The Balaban J connectivity index is 1.87. The van der Waals surface area contributed by atoms with Gasteiger partial charge in [0.05, 0.1) is 36.6 Å². The first-order valence-corrected chi connectivity index (χ1v) is 17.1. The summed E-state index contributed by atoms with van der Waals surface area (Å²) in [5.74, 6) is -0.378. The van der Waals surface area contributed by atoms with Crippen LogP contribution in [0.15, 0.2) is 11.8 Å². The monoisotopic (exact) mass is 689 g/mol. The number of carbonyl (C=O) groups excluding carboxylic acids is 2. The van der Waals surface area contributed by atoms with Crippen LogP contribution in [0.4, 0.5) is 4.79 Å². The van der Waals surface area contributed by atoms with Crippen molar-refractivity contribution in [3.8, 4) is 0 Å². The molecule has 15 heteroatoms. The average molecular weight is 690 g/mol. The predicted octanol–water partition coefficient (Wildman–Crippen LogP) is 0.546. The molecule has 1 saturated heterocycles. The quantitative estimate of drug-likeness (QED) is 0.117. The van der Waals surface area contributed by atoms with Crippen molar-refractivity contribution in [2.75, 3.05) is 20.3 Å². The van der Waals surface area contributed by atoms with Gasteiger partial charge in [0, 0.05) is 13.0 Å². The van der Waals surface area contributed by atoms with Gasteiger partial charge in [-0.25, -0.2) is 4.79 Å². The van der Waals surface area contributed by atoms with E-state index in [0.29, 0.717) is 37.9 Å². The van der Waals surface area contributed by atoms with E-state index in [4.69, 9.17) is 23.7 Å². The molecular formula is C33H59N3O12. The van der Waals surface area contributed by atoms with E-state index in [0.717, 1.165) is 0 Å². The predicted molar refractivity (Wildman–Crippen MR) is 173 cm³/mol. The molecule has 3 aliphatic rings. The number of hydrogen-bond acceptors (Lipinski definition) is 13. The van der Waals surface area contributed by atoms with E-state index in [1.54, 1.807) is 27.8 Å². The van der Waals surface area contributed by atoms with Crippen molar-refractivity contribution in [2.24, 2.45) is 5.92 Å². The Kier molecular flexibility index (Phi) is 14.9. The molecule has 278 valence electrons. The number of ether oxygens (including phenoxy) is 5. The largest absolute Gasteiger partial charge is 0.467 e. The number of allylic oxidation sites excluding steroid dienone is 1. The number of nitrogens with one attached hydrogen (secondary N) is 3. The van der Waals surface area contributed by atoms with Crippen molar-refractivity contribution in [2.45, 2.75) is 159 Å². The summed E-state index contributed by atoms with van der Waals surface area (Å²) >= 11 is 0. The molecule has 12 atom stereocenters. The number of unbranched alkanes of at least 4 members (excludes halogenated alkanes) is 1. The maximum atomic E-state index is 12.9. The van der Waals surface area contributed by atoms with Crippen molar-refractivity contribution in [3.05, 3.63) is 11.8 Å². The minimum Gasteiger partial charge on any atom is -0.467 e. The molecule has 1 aliphatic carbocycles. The molecule has 0 aromatic heterocycles. The third-order valence-electron chi connectivity index (χ3n) is 8.90. The Bertz CT molecular complexity index is 1070. The van der Waals surface area contributed by atoms with Gasteiger partial charge in [-0.05, 0) is 78.8 Å². The van der Waals surface area contributed by atoms with Crippen LogP contribution in [0.2, 0.25) is 0 Å². The maximum Gasteiger partial charge on any atom is 0.408 e. The Morgan fingerprint density at radius 3 is 2.40 bits per heavy atom. The lowest BCUT2D eigenvalue weighted by Gasteiger charge is -2.49. The van der Waals surface area contributed by atoms with Crippen molar-refractivity contribution < 1.29 is 58.8 Å². The number of aliphatic hydroxyl groups is 5. The third-order valence-corrected chi connectivity index (χ3v) is 8.90. The Labute approximate surface area is 283 Å². The van der Waals surface area contributed by atoms with E-state index in [1.165, 1.54) is 6.92 Å². The van der Waals surface area contributed by atoms with Crippen molar-refractivity contribution in [3.63, 3.8) is 0 Å². The van der Waals surface area contributed by atoms with Crippen LogP contribution in [0.1, 0.15) is 86.5 Å². The van der Waals surface area contributed by atoms with Crippen LogP contribution in [0.25, 0.3) is 0 Å². The van der Waals surface area contributed by atoms with Gasteiger partial charge in [-0.1, -0.05) is 20.3 Å².